The van der Waals surface area contributed by atoms with Gasteiger partial charge in [0.2, 0.25) is 5.91 Å². The van der Waals surface area contributed by atoms with Gasteiger partial charge >= 0.3 is 0 Å². The van der Waals surface area contributed by atoms with Crippen LogP contribution >= 0.6 is 0 Å². The van der Waals surface area contributed by atoms with Crippen molar-refractivity contribution in [2.24, 2.45) is 0 Å². The lowest BCUT2D eigenvalue weighted by molar-refractivity contribution is -0.119. The summed E-state index contributed by atoms with van der Waals surface area (Å²) in [6, 6.07) is 8.93. The van der Waals surface area contributed by atoms with E-state index in [1.54, 1.807) is 42.2 Å². The molecule has 0 radical (unpaired) electrons. The molecule has 4 heterocycles. The van der Waals surface area contributed by atoms with E-state index in [2.05, 4.69) is 10.2 Å². The van der Waals surface area contributed by atoms with Gasteiger partial charge in [0.15, 0.2) is 15.7 Å². The number of pyridine rings is 1. The number of likely N-dealkylation sites (tertiary alicyclic amines) is 1. The number of anilines is 4. The number of ether oxygens (including phenoxy) is 1. The maximum Gasteiger partial charge on any atom is 0.254 e. The van der Waals surface area contributed by atoms with Crippen molar-refractivity contribution in [1.29, 1.82) is 0 Å². The van der Waals surface area contributed by atoms with Gasteiger partial charge < -0.3 is 24.8 Å². The average Bonchev–Trinajstić information content (AvgIpc) is 3.20. The molecule has 3 fully saturated rings. The molecule has 2 saturated heterocycles. The third-order valence-electron chi connectivity index (χ3n) is 9.23. The number of carbonyl (C=O) groups is 2. The molecule has 6 rings (SSSR count). The number of sulfone groups is 1. The van der Waals surface area contributed by atoms with E-state index in [1.165, 1.54) is 12.8 Å². The van der Waals surface area contributed by atoms with Crippen molar-refractivity contribution in [1.82, 2.24) is 9.88 Å². The first-order chi connectivity index (χ1) is 19.1. The molecule has 2 amide bonds. The summed E-state index contributed by atoms with van der Waals surface area (Å²) in [7, 11) is 0.270. The summed E-state index contributed by atoms with van der Waals surface area (Å²) in [6.07, 6.45) is 7.49. The van der Waals surface area contributed by atoms with Crippen molar-refractivity contribution in [3.05, 3.63) is 35.9 Å². The number of hydrogen-bond acceptors (Lipinski definition) is 8. The first-order valence-electron chi connectivity index (χ1n) is 14.2. The van der Waals surface area contributed by atoms with Crippen molar-refractivity contribution >= 4 is 44.7 Å². The molecule has 1 saturated carbocycles. The van der Waals surface area contributed by atoms with E-state index in [0.29, 0.717) is 29.2 Å². The van der Waals surface area contributed by atoms with E-state index >= 15 is 0 Å². The lowest BCUT2D eigenvalue weighted by Gasteiger charge is -2.54. The molecular weight excluding hydrogens is 530 g/mol. The zero-order valence-electron chi connectivity index (χ0n) is 23.4. The largest absolute Gasteiger partial charge is 0.495 e. The Morgan fingerprint density at radius 2 is 1.82 bits per heavy atom. The second kappa shape index (κ2) is 9.94. The summed E-state index contributed by atoms with van der Waals surface area (Å²) in [5.74, 6) is 1.98. The number of hydrogen-bond donors (Lipinski definition) is 1. The van der Waals surface area contributed by atoms with Crippen LogP contribution in [-0.4, -0.2) is 79.9 Å². The molecule has 0 bridgehead atoms. The van der Waals surface area contributed by atoms with E-state index in [4.69, 9.17) is 9.72 Å². The normalized spacial score (nSPS) is 23.6. The minimum absolute atomic E-state index is 0.0733. The van der Waals surface area contributed by atoms with Gasteiger partial charge in [0.1, 0.15) is 22.4 Å². The molecule has 1 aromatic carbocycles. The first-order valence-corrected chi connectivity index (χ1v) is 15.8. The minimum atomic E-state index is -3.08. The lowest BCUT2D eigenvalue weighted by atomic mass is 9.93. The smallest absolute Gasteiger partial charge is 0.254 e. The summed E-state index contributed by atoms with van der Waals surface area (Å²) >= 11 is 0. The van der Waals surface area contributed by atoms with E-state index in [9.17, 15) is 18.0 Å². The molecule has 1 N–H and O–H groups in total. The fourth-order valence-electron chi connectivity index (χ4n) is 6.64. The molecule has 4 aliphatic rings. The highest BCUT2D eigenvalue weighted by atomic mass is 32.2. The van der Waals surface area contributed by atoms with Crippen LogP contribution in [0.15, 0.2) is 30.3 Å². The minimum Gasteiger partial charge on any atom is -0.495 e. The predicted octanol–water partition coefficient (Wildman–Crippen LogP) is 3.74. The number of aromatic nitrogens is 1. The standard InChI is InChI=1S/C29H37N5O5S/c1-19-27(35)32(2)23-12-13-25(31-26(23)34(19)21-8-6-4-5-7-9-21)30-22-11-10-20(16-24(22)39-3)28(36)33-17-29(18-33)14-15-40(29,37)38/h10-13,16,19,21H,4-9,14-15,17-18H2,1-3H3,(H,30,31)/t19-/m1/s1. The number of amides is 2. The van der Waals surface area contributed by atoms with Gasteiger partial charge in [-0.1, -0.05) is 25.7 Å². The molecule has 3 aliphatic heterocycles. The summed E-state index contributed by atoms with van der Waals surface area (Å²) in [5, 5.41) is 3.35. The second-order valence-electron chi connectivity index (χ2n) is 11.6. The number of carbonyl (C=O) groups excluding carboxylic acids is 2. The Kier molecular flexibility index (Phi) is 6.67. The Balaban J connectivity index is 1.24. The van der Waals surface area contributed by atoms with Crippen LogP contribution in [0.1, 0.15) is 62.2 Å². The topological polar surface area (TPSA) is 112 Å². The van der Waals surface area contributed by atoms with Crippen molar-refractivity contribution in [3.63, 3.8) is 0 Å². The van der Waals surface area contributed by atoms with Gasteiger partial charge in [-0.05, 0) is 56.5 Å². The zero-order valence-corrected chi connectivity index (χ0v) is 24.2. The molecule has 2 aromatic rings. The van der Waals surface area contributed by atoms with Crippen LogP contribution in [0.4, 0.5) is 23.0 Å². The quantitative estimate of drug-likeness (QED) is 0.544. The number of rotatable bonds is 5. The molecule has 0 unspecified atom stereocenters. The van der Waals surface area contributed by atoms with E-state index in [-0.39, 0.29) is 42.7 Å². The van der Waals surface area contributed by atoms with Gasteiger partial charge in [0, 0.05) is 31.7 Å². The number of benzene rings is 1. The van der Waals surface area contributed by atoms with Crippen LogP contribution in [0.2, 0.25) is 0 Å². The van der Waals surface area contributed by atoms with Gasteiger partial charge in [-0.15, -0.1) is 0 Å². The number of nitrogens with one attached hydrogen (secondary N) is 1. The highest BCUT2D eigenvalue weighted by Crippen LogP contribution is 2.43. The molecular formula is C29H37N5O5S. The molecule has 1 atom stereocenters. The molecule has 40 heavy (non-hydrogen) atoms. The summed E-state index contributed by atoms with van der Waals surface area (Å²) in [5.41, 5.74) is 1.90. The fourth-order valence-corrected chi connectivity index (χ4v) is 8.46. The third-order valence-corrected chi connectivity index (χ3v) is 11.7. The Morgan fingerprint density at radius 3 is 2.45 bits per heavy atom. The van der Waals surface area contributed by atoms with Gasteiger partial charge in [-0.3, -0.25) is 9.59 Å². The molecule has 10 nitrogen and oxygen atoms in total. The van der Waals surface area contributed by atoms with Crippen molar-refractivity contribution < 1.29 is 22.7 Å². The summed E-state index contributed by atoms with van der Waals surface area (Å²) < 4.78 is 29.1. The second-order valence-corrected chi connectivity index (χ2v) is 14.1. The molecule has 11 heteroatoms. The first kappa shape index (κ1) is 26.9. The van der Waals surface area contributed by atoms with Crippen molar-refractivity contribution in [2.45, 2.75) is 68.7 Å². The third kappa shape index (κ3) is 4.29. The lowest BCUT2D eigenvalue weighted by Crippen LogP contribution is -2.72. The Hall–Kier alpha value is -3.34. The van der Waals surface area contributed by atoms with Crippen LogP contribution < -0.4 is 19.9 Å². The Morgan fingerprint density at radius 1 is 1.10 bits per heavy atom. The number of likely N-dealkylation sites (N-methyl/N-ethyl adjacent to an activating group) is 1. The summed E-state index contributed by atoms with van der Waals surface area (Å²) in [4.78, 5) is 36.7. The Bertz CT molecular complexity index is 1450. The molecule has 214 valence electrons. The van der Waals surface area contributed by atoms with Crippen molar-refractivity contribution in [3.8, 4) is 5.75 Å². The van der Waals surface area contributed by atoms with Gasteiger partial charge in [-0.2, -0.15) is 0 Å². The predicted molar refractivity (Wildman–Crippen MR) is 154 cm³/mol. The van der Waals surface area contributed by atoms with Gasteiger partial charge in [0.05, 0.1) is 24.2 Å². The van der Waals surface area contributed by atoms with Crippen LogP contribution in [-0.2, 0) is 14.6 Å². The van der Waals surface area contributed by atoms with Crippen LogP contribution in [0.25, 0.3) is 0 Å². The molecule has 1 aromatic heterocycles. The van der Waals surface area contributed by atoms with Crippen molar-refractivity contribution in [2.75, 3.05) is 48.1 Å². The fraction of sp³-hybridized carbons (Fsp3) is 0.552. The van der Waals surface area contributed by atoms with Crippen LogP contribution in [0, 0.1) is 0 Å². The molecule has 1 aliphatic carbocycles. The van der Waals surface area contributed by atoms with E-state index in [0.717, 1.165) is 37.2 Å². The molecule has 1 spiro atoms. The van der Waals surface area contributed by atoms with Gasteiger partial charge in [-0.25, -0.2) is 13.4 Å². The van der Waals surface area contributed by atoms with Crippen LogP contribution in [0.5, 0.6) is 5.75 Å². The highest BCUT2D eigenvalue weighted by Gasteiger charge is 2.60. The zero-order chi connectivity index (χ0) is 28.2. The maximum atomic E-state index is 13.1. The maximum absolute atomic E-state index is 13.1. The number of fused-ring (bicyclic) bond motifs is 1. The van der Waals surface area contributed by atoms with E-state index < -0.39 is 14.6 Å². The highest BCUT2D eigenvalue weighted by molar-refractivity contribution is 7.94. The monoisotopic (exact) mass is 567 g/mol. The average molecular weight is 568 g/mol. The SMILES string of the molecule is COc1cc(C(=O)N2CC3(CCS3(=O)=O)C2)ccc1Nc1ccc2c(n1)N(C1CCCCCC1)[C@H](C)C(=O)N2C. The van der Waals surface area contributed by atoms with Gasteiger partial charge in [0.25, 0.3) is 5.91 Å². The van der Waals surface area contributed by atoms with E-state index in [1.807, 2.05) is 19.1 Å². The number of nitrogens with zero attached hydrogens (tertiary/aromatic N) is 4. The number of methoxy groups -OCH3 is 1. The summed E-state index contributed by atoms with van der Waals surface area (Å²) in [6.45, 7) is 2.47. The Labute approximate surface area is 235 Å². The van der Waals surface area contributed by atoms with Crippen LogP contribution in [0.3, 0.4) is 0 Å².